The molecule has 0 heterocycles. The quantitative estimate of drug-likeness (QED) is 0.698. The number of hydrogen-bond donors (Lipinski definition) is 1. The number of ether oxygens (including phenoxy) is 1. The lowest BCUT2D eigenvalue weighted by Crippen LogP contribution is -2.15. The van der Waals surface area contributed by atoms with Crippen LogP contribution in [-0.4, -0.2) is 6.10 Å². The maximum Gasteiger partial charge on any atom is 0.124 e. The van der Waals surface area contributed by atoms with Crippen molar-refractivity contribution in [3.05, 3.63) is 77.9 Å². The van der Waals surface area contributed by atoms with Gasteiger partial charge in [-0.15, -0.1) is 0 Å². The first kappa shape index (κ1) is 15.6. The normalized spacial score (nSPS) is 11.1. The summed E-state index contributed by atoms with van der Waals surface area (Å²) in [5, 5.41) is 6.05. The average Bonchev–Trinajstić information content (AvgIpc) is 2.57. The van der Waals surface area contributed by atoms with E-state index >= 15 is 0 Å². The molecule has 0 amide bonds. The molecule has 0 saturated carbocycles. The molecular weight excluding hydrogens is 282 g/mol. The van der Waals surface area contributed by atoms with Crippen molar-refractivity contribution >= 4 is 10.8 Å². The Morgan fingerprint density at radius 2 is 1.57 bits per heavy atom. The highest BCUT2D eigenvalue weighted by Crippen LogP contribution is 2.28. The third-order valence-electron chi connectivity index (χ3n) is 3.83. The summed E-state index contributed by atoms with van der Waals surface area (Å²) >= 11 is 0. The number of nitrogens with one attached hydrogen (secondary N) is 1. The zero-order chi connectivity index (χ0) is 16.1. The van der Waals surface area contributed by atoms with Crippen LogP contribution < -0.4 is 10.1 Å². The molecule has 2 heteroatoms. The van der Waals surface area contributed by atoms with Gasteiger partial charge < -0.3 is 10.1 Å². The molecule has 118 valence electrons. The minimum Gasteiger partial charge on any atom is -0.491 e. The molecule has 23 heavy (non-hydrogen) atoms. The number of hydrogen-bond acceptors (Lipinski definition) is 2. The summed E-state index contributed by atoms with van der Waals surface area (Å²) in [5.41, 5.74) is 2.52. The van der Waals surface area contributed by atoms with Crippen LogP contribution in [0.3, 0.4) is 0 Å². The predicted molar refractivity (Wildman–Crippen MR) is 96.7 cm³/mol. The minimum absolute atomic E-state index is 0.170. The molecule has 0 aromatic heterocycles. The van der Waals surface area contributed by atoms with E-state index in [-0.39, 0.29) is 6.10 Å². The number of fused-ring (bicyclic) bond motifs is 1. The Kier molecular flexibility index (Phi) is 4.94. The lowest BCUT2D eigenvalue weighted by molar-refractivity contribution is 0.240. The van der Waals surface area contributed by atoms with Crippen molar-refractivity contribution in [2.24, 2.45) is 0 Å². The molecule has 3 rings (SSSR count). The third kappa shape index (κ3) is 3.91. The Balaban J connectivity index is 1.84. The Morgan fingerprint density at radius 1 is 0.826 bits per heavy atom. The Labute approximate surface area is 138 Å². The van der Waals surface area contributed by atoms with Crippen molar-refractivity contribution in [2.45, 2.75) is 33.0 Å². The predicted octanol–water partition coefficient (Wildman–Crippen LogP) is 4.92. The fraction of sp³-hybridized carbons (Fsp3) is 0.238. The van der Waals surface area contributed by atoms with Crippen molar-refractivity contribution in [1.82, 2.24) is 5.32 Å². The van der Waals surface area contributed by atoms with Crippen LogP contribution in [0, 0.1) is 0 Å². The van der Waals surface area contributed by atoms with Gasteiger partial charge in [-0.1, -0.05) is 60.7 Å². The van der Waals surface area contributed by atoms with Gasteiger partial charge in [0.1, 0.15) is 5.75 Å². The topological polar surface area (TPSA) is 21.3 Å². The first-order valence-electron chi connectivity index (χ1n) is 8.16. The summed E-state index contributed by atoms with van der Waals surface area (Å²) < 4.78 is 6.02. The summed E-state index contributed by atoms with van der Waals surface area (Å²) in [7, 11) is 0. The first-order valence-corrected chi connectivity index (χ1v) is 8.16. The molecule has 0 radical (unpaired) electrons. The molecule has 0 bridgehead atoms. The van der Waals surface area contributed by atoms with Gasteiger partial charge in [0.2, 0.25) is 0 Å². The summed E-state index contributed by atoms with van der Waals surface area (Å²) in [4.78, 5) is 0. The van der Waals surface area contributed by atoms with Crippen LogP contribution in [0.2, 0.25) is 0 Å². The van der Waals surface area contributed by atoms with Crippen molar-refractivity contribution in [1.29, 1.82) is 0 Å². The van der Waals surface area contributed by atoms with Crippen molar-refractivity contribution in [2.75, 3.05) is 0 Å². The van der Waals surface area contributed by atoms with Crippen LogP contribution in [0.1, 0.15) is 25.0 Å². The molecule has 0 atom stereocenters. The van der Waals surface area contributed by atoms with Crippen LogP contribution in [0.5, 0.6) is 5.75 Å². The van der Waals surface area contributed by atoms with E-state index < -0.39 is 0 Å². The zero-order valence-corrected chi connectivity index (χ0v) is 13.8. The van der Waals surface area contributed by atoms with Gasteiger partial charge in [-0.3, -0.25) is 0 Å². The van der Waals surface area contributed by atoms with E-state index in [1.165, 1.54) is 21.9 Å². The zero-order valence-electron chi connectivity index (χ0n) is 13.8. The highest BCUT2D eigenvalue weighted by atomic mass is 16.5. The lowest BCUT2D eigenvalue weighted by Gasteiger charge is -2.17. The van der Waals surface area contributed by atoms with Crippen LogP contribution in [0.15, 0.2) is 66.7 Å². The summed E-state index contributed by atoms with van der Waals surface area (Å²) in [6.45, 7) is 5.77. The van der Waals surface area contributed by atoms with Crippen molar-refractivity contribution < 1.29 is 4.74 Å². The molecule has 0 spiro atoms. The van der Waals surface area contributed by atoms with Gasteiger partial charge in [0.15, 0.2) is 0 Å². The average molecular weight is 305 g/mol. The van der Waals surface area contributed by atoms with Crippen LogP contribution in [0.25, 0.3) is 10.8 Å². The standard InChI is InChI=1S/C21H23NO/c1-16(2)23-21-13-12-18-10-6-7-11-19(18)20(21)15-22-14-17-8-4-3-5-9-17/h3-13,16,22H,14-15H2,1-2H3. The van der Waals surface area contributed by atoms with Gasteiger partial charge in [0, 0.05) is 18.7 Å². The molecule has 1 N–H and O–H groups in total. The van der Waals surface area contributed by atoms with Crippen LogP contribution >= 0.6 is 0 Å². The van der Waals surface area contributed by atoms with Crippen molar-refractivity contribution in [3.63, 3.8) is 0 Å². The molecule has 2 nitrogen and oxygen atoms in total. The number of rotatable bonds is 6. The number of benzene rings is 3. The molecule has 0 aliphatic rings. The SMILES string of the molecule is CC(C)Oc1ccc2ccccc2c1CNCc1ccccc1. The maximum absolute atomic E-state index is 6.02. The van der Waals surface area contributed by atoms with E-state index in [0.29, 0.717) is 0 Å². The molecule has 0 saturated heterocycles. The minimum atomic E-state index is 0.170. The van der Waals surface area contributed by atoms with E-state index in [0.717, 1.165) is 18.8 Å². The van der Waals surface area contributed by atoms with Gasteiger partial charge in [-0.25, -0.2) is 0 Å². The summed E-state index contributed by atoms with van der Waals surface area (Å²) in [5.74, 6) is 0.972. The van der Waals surface area contributed by atoms with E-state index in [1.807, 2.05) is 6.07 Å². The van der Waals surface area contributed by atoms with Gasteiger partial charge in [-0.05, 0) is 36.2 Å². The van der Waals surface area contributed by atoms with Gasteiger partial charge in [0.25, 0.3) is 0 Å². The molecule has 3 aromatic carbocycles. The molecular formula is C21H23NO. The first-order chi connectivity index (χ1) is 11.2. The second kappa shape index (κ2) is 7.30. The second-order valence-corrected chi connectivity index (χ2v) is 6.02. The maximum atomic E-state index is 6.02. The van der Waals surface area contributed by atoms with Crippen LogP contribution in [-0.2, 0) is 13.1 Å². The Morgan fingerprint density at radius 3 is 2.35 bits per heavy atom. The van der Waals surface area contributed by atoms with Crippen LogP contribution in [0.4, 0.5) is 0 Å². The highest BCUT2D eigenvalue weighted by Gasteiger charge is 2.10. The van der Waals surface area contributed by atoms with E-state index in [9.17, 15) is 0 Å². The van der Waals surface area contributed by atoms with Gasteiger partial charge >= 0.3 is 0 Å². The Bertz CT molecular complexity index is 765. The Hall–Kier alpha value is -2.32. The van der Waals surface area contributed by atoms with Gasteiger partial charge in [0.05, 0.1) is 6.10 Å². The monoisotopic (exact) mass is 305 g/mol. The fourth-order valence-corrected chi connectivity index (χ4v) is 2.79. The molecule has 0 fully saturated rings. The molecule has 0 aliphatic heterocycles. The summed E-state index contributed by atoms with van der Waals surface area (Å²) in [6, 6.07) is 23.2. The smallest absolute Gasteiger partial charge is 0.124 e. The summed E-state index contributed by atoms with van der Waals surface area (Å²) in [6.07, 6.45) is 0.170. The van der Waals surface area contributed by atoms with E-state index in [2.05, 4.69) is 79.8 Å². The highest BCUT2D eigenvalue weighted by molar-refractivity contribution is 5.87. The van der Waals surface area contributed by atoms with E-state index in [1.54, 1.807) is 0 Å². The second-order valence-electron chi connectivity index (χ2n) is 6.02. The van der Waals surface area contributed by atoms with Crippen molar-refractivity contribution in [3.8, 4) is 5.75 Å². The van der Waals surface area contributed by atoms with Gasteiger partial charge in [-0.2, -0.15) is 0 Å². The molecule has 0 aliphatic carbocycles. The largest absolute Gasteiger partial charge is 0.491 e. The molecule has 0 unspecified atom stereocenters. The lowest BCUT2D eigenvalue weighted by atomic mass is 10.0. The van der Waals surface area contributed by atoms with E-state index in [4.69, 9.17) is 4.74 Å². The fourth-order valence-electron chi connectivity index (χ4n) is 2.79. The third-order valence-corrected chi connectivity index (χ3v) is 3.83. The molecule has 3 aromatic rings.